The van der Waals surface area contributed by atoms with Crippen molar-refractivity contribution in [3.05, 3.63) is 0 Å². The van der Waals surface area contributed by atoms with Crippen molar-refractivity contribution in [2.45, 2.75) is 22.9 Å². The summed E-state index contributed by atoms with van der Waals surface area (Å²) >= 11 is 0. The zero-order chi connectivity index (χ0) is 15.4. The maximum absolute atomic E-state index is 12.2. The molecule has 0 heterocycles. The molecule has 0 atom stereocenters. The van der Waals surface area contributed by atoms with E-state index in [1.165, 1.54) is 0 Å². The van der Waals surface area contributed by atoms with E-state index >= 15 is 0 Å². The summed E-state index contributed by atoms with van der Waals surface area (Å²) in [6, 6.07) is 0. The number of hydrogen-bond acceptors (Lipinski definition) is 1. The zero-order valence-electron chi connectivity index (χ0n) is 7.49. The molecule has 0 fully saturated rings. The molecule has 2 N–H and O–H groups in total. The van der Waals surface area contributed by atoms with E-state index in [9.17, 15) is 48.1 Å². The van der Waals surface area contributed by atoms with Crippen LogP contribution in [0.3, 0.4) is 0 Å². The fraction of sp³-hybridized carbons (Fsp3) is 1.00. The van der Waals surface area contributed by atoms with Crippen LogP contribution >= 0.6 is 0 Å². The molecule has 0 unspecified atom stereocenters. The van der Waals surface area contributed by atoms with Crippen molar-refractivity contribution < 1.29 is 57.2 Å². The fourth-order valence-corrected chi connectivity index (χ4v) is 1.73. The van der Waals surface area contributed by atoms with E-state index < -0.39 is 32.5 Å². The Balaban J connectivity index is 6.29. The Hall–Kier alpha value is -0.630. The first-order valence-corrected chi connectivity index (χ1v) is 5.21. The molecule has 0 aliphatic heterocycles. The molecule has 0 amide bonds. The average Bonchev–Trinajstić information content (AvgIpc) is 1.97. The molecule has 112 valence electrons. The van der Waals surface area contributed by atoms with E-state index in [2.05, 4.69) is 0 Å². The second-order valence-corrected chi connectivity index (χ2v) is 5.65. The number of rotatable bonds is 2. The molecular formula is C4H2F10O3S. The van der Waals surface area contributed by atoms with Gasteiger partial charge in [0, 0.05) is 0 Å². The first-order valence-electron chi connectivity index (χ1n) is 3.33. The van der Waals surface area contributed by atoms with E-state index in [1.54, 1.807) is 0 Å². The molecule has 3 nitrogen and oxygen atoms in total. The number of alkyl halides is 10. The van der Waals surface area contributed by atoms with Crippen molar-refractivity contribution in [3.8, 4) is 0 Å². The van der Waals surface area contributed by atoms with Crippen molar-refractivity contribution >= 4 is 9.63 Å². The predicted molar refractivity (Wildman–Crippen MR) is 35.4 cm³/mol. The topological polar surface area (TPSA) is 57.5 Å². The maximum atomic E-state index is 12.2. The average molecular weight is 320 g/mol. The molecule has 0 aliphatic rings. The second-order valence-electron chi connectivity index (χ2n) is 2.89. The molecule has 0 radical (unpaired) electrons. The van der Waals surface area contributed by atoms with Gasteiger partial charge in [-0.1, -0.05) is 0 Å². The van der Waals surface area contributed by atoms with E-state index in [1.807, 2.05) is 0 Å². The van der Waals surface area contributed by atoms with E-state index in [0.29, 0.717) is 0 Å². The first-order chi connectivity index (χ1) is 7.29. The molecule has 0 saturated heterocycles. The van der Waals surface area contributed by atoms with Gasteiger partial charge >= 0.3 is 22.9 Å². The molecule has 0 bridgehead atoms. The molecule has 14 heteroatoms. The molecule has 18 heavy (non-hydrogen) atoms. The molecule has 0 spiro atoms. The van der Waals surface area contributed by atoms with Crippen LogP contribution in [-0.4, -0.2) is 36.2 Å². The third kappa shape index (κ3) is 1.85. The molecular weight excluding hydrogens is 318 g/mol. The van der Waals surface area contributed by atoms with Crippen molar-refractivity contribution in [1.82, 2.24) is 0 Å². The minimum absolute atomic E-state index is 7.31. The van der Waals surface area contributed by atoms with Crippen LogP contribution in [0.2, 0.25) is 0 Å². The summed E-state index contributed by atoms with van der Waals surface area (Å²) in [7, 11) is -9.79. The molecule has 0 aromatic rings. The van der Waals surface area contributed by atoms with Gasteiger partial charge in [-0.25, -0.2) is 4.21 Å². The van der Waals surface area contributed by atoms with Gasteiger partial charge in [0.1, 0.15) is 0 Å². The fourth-order valence-electron chi connectivity index (χ4n) is 0.578. The largest absolute Gasteiger partial charge is 0.469 e. The van der Waals surface area contributed by atoms with E-state index in [0.717, 1.165) is 0 Å². The van der Waals surface area contributed by atoms with Gasteiger partial charge in [0.05, 0.1) is 0 Å². The summed E-state index contributed by atoms with van der Waals surface area (Å²) in [5, 5.41) is -15.2. The Morgan fingerprint density at radius 2 is 0.778 bits per heavy atom. The highest BCUT2D eigenvalue weighted by atomic mass is 32.3. The molecule has 0 rings (SSSR count). The smallest absolute Gasteiger partial charge is 0.298 e. The minimum atomic E-state index is -9.79. The van der Waals surface area contributed by atoms with Crippen LogP contribution in [0.1, 0.15) is 0 Å². The lowest BCUT2D eigenvalue weighted by molar-refractivity contribution is -0.275. The molecule has 0 saturated carbocycles. The van der Waals surface area contributed by atoms with Gasteiger partial charge in [-0.15, -0.1) is 0 Å². The van der Waals surface area contributed by atoms with E-state index in [-0.39, 0.29) is 0 Å². The van der Waals surface area contributed by atoms with Gasteiger partial charge < -0.3 is 0 Å². The van der Waals surface area contributed by atoms with Crippen molar-refractivity contribution in [2.24, 2.45) is 0 Å². The van der Waals surface area contributed by atoms with Crippen molar-refractivity contribution in [2.75, 3.05) is 0 Å². The highest BCUT2D eigenvalue weighted by molar-refractivity contribution is 8.12. The second kappa shape index (κ2) is 3.47. The van der Waals surface area contributed by atoms with Gasteiger partial charge in [-0.05, 0) is 0 Å². The monoisotopic (exact) mass is 320 g/mol. The van der Waals surface area contributed by atoms with Crippen LogP contribution in [0.25, 0.3) is 0 Å². The van der Waals surface area contributed by atoms with Crippen LogP contribution in [-0.2, 0) is 9.63 Å². The van der Waals surface area contributed by atoms with Crippen LogP contribution < -0.4 is 0 Å². The summed E-state index contributed by atoms with van der Waals surface area (Å²) < 4.78 is 144. The highest BCUT2D eigenvalue weighted by Gasteiger charge is 2.89. The normalized spacial score (nSPS) is 18.3. The van der Waals surface area contributed by atoms with Gasteiger partial charge in [0.25, 0.3) is 0 Å². The van der Waals surface area contributed by atoms with Gasteiger partial charge in [0.15, 0.2) is 0 Å². The van der Waals surface area contributed by atoms with Crippen molar-refractivity contribution in [1.29, 1.82) is 0 Å². The standard InChI is InChI=1S/C4H2F10O3S/c5-1(6,7)3(11,12)18(15,16,17)4(13,14)2(8,9)10/h(H2,15,16,17). The maximum Gasteiger partial charge on any atom is 0.469 e. The lowest BCUT2D eigenvalue weighted by Gasteiger charge is -2.43. The molecule has 0 aromatic carbocycles. The first kappa shape index (κ1) is 17.4. The third-order valence-electron chi connectivity index (χ3n) is 1.58. The third-order valence-corrected chi connectivity index (χ3v) is 3.90. The number of halogens is 10. The van der Waals surface area contributed by atoms with Crippen LogP contribution in [0.4, 0.5) is 43.9 Å². The Bertz CT molecular complexity index is 366. The summed E-state index contributed by atoms with van der Waals surface area (Å²) in [6.07, 6.45) is -14.6. The van der Waals surface area contributed by atoms with E-state index in [4.69, 9.17) is 9.11 Å². The summed E-state index contributed by atoms with van der Waals surface area (Å²) in [5.74, 6) is 0. The summed E-state index contributed by atoms with van der Waals surface area (Å²) in [4.78, 5) is 0. The summed E-state index contributed by atoms with van der Waals surface area (Å²) in [5.41, 5.74) is 0. The van der Waals surface area contributed by atoms with Gasteiger partial charge in [-0.2, -0.15) is 43.9 Å². The van der Waals surface area contributed by atoms with Gasteiger partial charge in [-0.3, -0.25) is 9.11 Å². The molecule has 0 aromatic heterocycles. The Labute approximate surface area is 90.8 Å². The Kier molecular flexibility index (Phi) is 3.35. The summed E-state index contributed by atoms with van der Waals surface area (Å²) in [6.45, 7) is 0. The Morgan fingerprint density at radius 1 is 0.611 bits per heavy atom. The minimum Gasteiger partial charge on any atom is -0.298 e. The highest BCUT2D eigenvalue weighted by Crippen LogP contribution is 2.60. The number of hydrogen-bond donors (Lipinski definition) is 2. The van der Waals surface area contributed by atoms with Crippen LogP contribution in [0.5, 0.6) is 0 Å². The van der Waals surface area contributed by atoms with Gasteiger partial charge in [0.2, 0.25) is 9.63 Å². The zero-order valence-corrected chi connectivity index (χ0v) is 8.31. The SMILES string of the molecule is O=S(O)(O)(C(F)(F)C(F)(F)F)C(F)(F)C(F)(F)F. The Morgan fingerprint density at radius 3 is 0.889 bits per heavy atom. The predicted octanol–water partition coefficient (Wildman–Crippen LogP) is 3.06. The quantitative estimate of drug-likeness (QED) is 0.769. The lowest BCUT2D eigenvalue weighted by atomic mass is 10.7. The van der Waals surface area contributed by atoms with Crippen molar-refractivity contribution in [3.63, 3.8) is 0 Å². The lowest BCUT2D eigenvalue weighted by Crippen LogP contribution is -2.70. The molecule has 0 aliphatic carbocycles. The van der Waals surface area contributed by atoms with Crippen LogP contribution in [0.15, 0.2) is 0 Å². The van der Waals surface area contributed by atoms with Crippen LogP contribution in [0, 0.1) is 0 Å².